The van der Waals surface area contributed by atoms with E-state index >= 15 is 0 Å². The summed E-state index contributed by atoms with van der Waals surface area (Å²) in [5.74, 6) is 0. The van der Waals surface area contributed by atoms with Gasteiger partial charge in [-0.2, -0.15) is 15.6 Å². The molecule has 1 aliphatic rings. The van der Waals surface area contributed by atoms with Crippen molar-refractivity contribution in [3.05, 3.63) is 46.7 Å². The number of aliphatic imine (C=N–C) groups is 1. The van der Waals surface area contributed by atoms with Gasteiger partial charge in [-0.15, -0.1) is 0 Å². The van der Waals surface area contributed by atoms with Crippen LogP contribution in [0, 0.1) is 0 Å². The average Bonchev–Trinajstić information content (AvgIpc) is 3.08. The van der Waals surface area contributed by atoms with Crippen LogP contribution in [0.5, 0.6) is 0 Å². The fourth-order valence-electron chi connectivity index (χ4n) is 2.14. The van der Waals surface area contributed by atoms with Crippen molar-refractivity contribution in [2.75, 3.05) is 26.3 Å². The first kappa shape index (κ1) is 15.4. The highest BCUT2D eigenvalue weighted by Crippen LogP contribution is 2.20. The summed E-state index contributed by atoms with van der Waals surface area (Å²) >= 11 is 1.61. The van der Waals surface area contributed by atoms with Gasteiger partial charge in [0, 0.05) is 24.9 Å². The molecule has 0 amide bonds. The minimum Gasteiger partial charge on any atom is -0.379 e. The molecule has 3 rings (SSSR count). The molecule has 7 heteroatoms. The Morgan fingerprint density at radius 1 is 1.14 bits per heavy atom. The summed E-state index contributed by atoms with van der Waals surface area (Å²) in [5, 5.41) is 3.99. The fraction of sp³-hybridized carbons (Fsp3) is 0.267. The van der Waals surface area contributed by atoms with Crippen molar-refractivity contribution < 1.29 is 13.2 Å². The van der Waals surface area contributed by atoms with Gasteiger partial charge >= 0.3 is 0 Å². The zero-order valence-corrected chi connectivity index (χ0v) is 13.5. The normalized spacial score (nSPS) is 17.1. The Kier molecular flexibility index (Phi) is 4.68. The molecular weight excluding hydrogens is 320 g/mol. The van der Waals surface area contributed by atoms with Crippen molar-refractivity contribution in [1.82, 2.24) is 4.31 Å². The Labute approximate surface area is 133 Å². The topological polar surface area (TPSA) is 59.0 Å². The van der Waals surface area contributed by atoms with Gasteiger partial charge in [-0.3, -0.25) is 4.99 Å². The van der Waals surface area contributed by atoms with Crippen LogP contribution in [0.3, 0.4) is 0 Å². The minimum absolute atomic E-state index is 0.295. The Morgan fingerprint density at radius 2 is 1.86 bits per heavy atom. The van der Waals surface area contributed by atoms with Gasteiger partial charge in [0.15, 0.2) is 0 Å². The highest BCUT2D eigenvalue weighted by molar-refractivity contribution is 7.89. The third kappa shape index (κ3) is 3.44. The van der Waals surface area contributed by atoms with E-state index in [9.17, 15) is 8.42 Å². The summed E-state index contributed by atoms with van der Waals surface area (Å²) in [6.45, 7) is 1.70. The second kappa shape index (κ2) is 6.70. The molecule has 0 unspecified atom stereocenters. The predicted octanol–water partition coefficient (Wildman–Crippen LogP) is 2.52. The van der Waals surface area contributed by atoms with Crippen LogP contribution in [0.15, 0.2) is 51.0 Å². The van der Waals surface area contributed by atoms with Crippen LogP contribution in [0.2, 0.25) is 0 Å². The quantitative estimate of drug-likeness (QED) is 0.806. The van der Waals surface area contributed by atoms with Crippen LogP contribution in [-0.2, 0) is 14.8 Å². The molecule has 0 bridgehead atoms. The number of rotatable bonds is 4. The lowest BCUT2D eigenvalue weighted by molar-refractivity contribution is 0.0730. The lowest BCUT2D eigenvalue weighted by atomic mass is 10.3. The maximum atomic E-state index is 12.5. The standard InChI is InChI=1S/C15H16N2O3S2/c18-22(19,17-6-8-20-9-7-17)15-3-1-14(2-4-15)16-11-13-5-10-21-12-13/h1-5,10-12H,6-9H2. The van der Waals surface area contributed by atoms with Gasteiger partial charge in [0.1, 0.15) is 0 Å². The Morgan fingerprint density at radius 3 is 2.50 bits per heavy atom. The zero-order valence-electron chi connectivity index (χ0n) is 11.9. The third-order valence-corrected chi connectivity index (χ3v) is 5.96. The number of ether oxygens (including phenoxy) is 1. The lowest BCUT2D eigenvalue weighted by Crippen LogP contribution is -2.40. The van der Waals surface area contributed by atoms with Crippen LogP contribution in [0.25, 0.3) is 0 Å². The number of hydrogen-bond acceptors (Lipinski definition) is 5. The monoisotopic (exact) mass is 336 g/mol. The van der Waals surface area contributed by atoms with E-state index in [-0.39, 0.29) is 0 Å². The van der Waals surface area contributed by atoms with Crippen molar-refractivity contribution in [3.8, 4) is 0 Å². The zero-order chi connectivity index (χ0) is 15.4. The molecule has 1 saturated heterocycles. The van der Waals surface area contributed by atoms with Crippen molar-refractivity contribution in [3.63, 3.8) is 0 Å². The molecule has 0 spiro atoms. The van der Waals surface area contributed by atoms with Gasteiger partial charge in [-0.25, -0.2) is 8.42 Å². The summed E-state index contributed by atoms with van der Waals surface area (Å²) in [5.41, 5.74) is 1.77. The molecule has 1 aromatic carbocycles. The van der Waals surface area contributed by atoms with E-state index in [0.29, 0.717) is 31.2 Å². The summed E-state index contributed by atoms with van der Waals surface area (Å²) < 4.78 is 31.6. The van der Waals surface area contributed by atoms with E-state index in [1.807, 2.05) is 16.8 Å². The highest BCUT2D eigenvalue weighted by Gasteiger charge is 2.25. The third-order valence-electron chi connectivity index (χ3n) is 3.35. The van der Waals surface area contributed by atoms with Crippen molar-refractivity contribution in [1.29, 1.82) is 0 Å². The number of nitrogens with zero attached hydrogens (tertiary/aromatic N) is 2. The van der Waals surface area contributed by atoms with Crippen molar-refractivity contribution >= 4 is 33.3 Å². The van der Waals surface area contributed by atoms with Crippen LogP contribution in [0.1, 0.15) is 5.56 Å². The SMILES string of the molecule is O=S(=O)(c1ccc(N=Cc2ccsc2)cc1)N1CCOCC1. The molecule has 0 N–H and O–H groups in total. The molecule has 1 aromatic heterocycles. The molecule has 22 heavy (non-hydrogen) atoms. The second-order valence-electron chi connectivity index (χ2n) is 4.83. The van der Waals surface area contributed by atoms with E-state index in [2.05, 4.69) is 4.99 Å². The van der Waals surface area contributed by atoms with Crippen LogP contribution < -0.4 is 0 Å². The molecule has 2 heterocycles. The molecule has 1 aliphatic heterocycles. The predicted molar refractivity (Wildman–Crippen MR) is 87.6 cm³/mol. The lowest BCUT2D eigenvalue weighted by Gasteiger charge is -2.26. The number of benzene rings is 1. The molecule has 116 valence electrons. The molecule has 0 saturated carbocycles. The van der Waals surface area contributed by atoms with E-state index in [1.165, 1.54) is 4.31 Å². The Bertz CT molecular complexity index is 732. The van der Waals surface area contributed by atoms with Crippen LogP contribution in [0.4, 0.5) is 5.69 Å². The molecule has 0 radical (unpaired) electrons. The Hall–Kier alpha value is -1.54. The number of thiophene rings is 1. The molecule has 5 nitrogen and oxygen atoms in total. The number of sulfonamides is 1. The van der Waals surface area contributed by atoms with Gasteiger partial charge in [-0.1, -0.05) is 0 Å². The first-order valence-corrected chi connectivity index (χ1v) is 9.29. The highest BCUT2D eigenvalue weighted by atomic mass is 32.2. The molecule has 0 atom stereocenters. The van der Waals surface area contributed by atoms with Crippen molar-refractivity contribution in [2.45, 2.75) is 4.90 Å². The summed E-state index contributed by atoms with van der Waals surface area (Å²) in [4.78, 5) is 4.63. The number of morpholine rings is 1. The van der Waals surface area contributed by atoms with Crippen molar-refractivity contribution in [2.24, 2.45) is 4.99 Å². The van der Waals surface area contributed by atoms with E-state index in [0.717, 1.165) is 11.3 Å². The maximum absolute atomic E-state index is 12.5. The molecular formula is C15H16N2O3S2. The maximum Gasteiger partial charge on any atom is 0.243 e. The number of hydrogen-bond donors (Lipinski definition) is 0. The largest absolute Gasteiger partial charge is 0.379 e. The van der Waals surface area contributed by atoms with Crippen LogP contribution >= 0.6 is 11.3 Å². The van der Waals surface area contributed by atoms with Gasteiger partial charge in [0.25, 0.3) is 0 Å². The van der Waals surface area contributed by atoms with Crippen LogP contribution in [-0.4, -0.2) is 45.2 Å². The average molecular weight is 336 g/mol. The first-order chi connectivity index (χ1) is 10.7. The fourth-order valence-corrected chi connectivity index (χ4v) is 4.16. The summed E-state index contributed by atoms with van der Waals surface area (Å²) in [6, 6.07) is 8.62. The van der Waals surface area contributed by atoms with Gasteiger partial charge in [-0.05, 0) is 41.1 Å². The minimum atomic E-state index is -3.43. The van der Waals surface area contributed by atoms with E-state index in [4.69, 9.17) is 4.74 Å². The summed E-state index contributed by atoms with van der Waals surface area (Å²) in [6.07, 6.45) is 1.77. The molecule has 0 aliphatic carbocycles. The smallest absolute Gasteiger partial charge is 0.243 e. The van der Waals surface area contributed by atoms with Gasteiger partial charge < -0.3 is 4.74 Å². The first-order valence-electron chi connectivity index (χ1n) is 6.90. The van der Waals surface area contributed by atoms with Gasteiger partial charge in [0.2, 0.25) is 10.0 Å². The molecule has 2 aromatic rings. The second-order valence-corrected chi connectivity index (χ2v) is 7.54. The molecule has 1 fully saturated rings. The Balaban J connectivity index is 1.76. The summed E-state index contributed by atoms with van der Waals surface area (Å²) in [7, 11) is -3.43. The van der Waals surface area contributed by atoms with E-state index < -0.39 is 10.0 Å². The van der Waals surface area contributed by atoms with E-state index in [1.54, 1.807) is 41.8 Å². The van der Waals surface area contributed by atoms with Gasteiger partial charge in [0.05, 0.1) is 23.8 Å².